The van der Waals surface area contributed by atoms with E-state index in [4.69, 9.17) is 0 Å². The molecule has 0 spiro atoms. The number of nitrogens with zero attached hydrogens (tertiary/aromatic N) is 1. The Balaban J connectivity index is 2.05. The Kier molecular flexibility index (Phi) is 2.95. The Morgan fingerprint density at radius 1 is 0.944 bits per heavy atom. The van der Waals surface area contributed by atoms with Crippen LogP contribution in [0.2, 0.25) is 0 Å². The monoisotopic (exact) mass is 252 g/mol. The number of para-hydroxylation sites is 1. The molecule has 0 aliphatic heterocycles. The minimum atomic E-state index is 1.21. The van der Waals surface area contributed by atoms with E-state index in [0.29, 0.717) is 0 Å². The number of aromatic nitrogens is 1. The van der Waals surface area contributed by atoms with Crippen molar-refractivity contribution in [2.45, 2.75) is 0 Å². The molecule has 2 heteroatoms. The summed E-state index contributed by atoms with van der Waals surface area (Å²) in [6, 6.07) is 17.0. The van der Waals surface area contributed by atoms with E-state index in [0.717, 1.165) is 0 Å². The molecule has 0 fully saturated rings. The van der Waals surface area contributed by atoms with Gasteiger partial charge in [-0.2, -0.15) is 4.57 Å². The van der Waals surface area contributed by atoms with E-state index in [2.05, 4.69) is 77.7 Å². The van der Waals surface area contributed by atoms with Crippen LogP contribution in [-0.2, 0) is 7.05 Å². The molecule has 0 unspecified atom stereocenters. The molecule has 88 valence electrons. The molecule has 0 aliphatic rings. The van der Waals surface area contributed by atoms with Crippen molar-refractivity contribution in [3.05, 3.63) is 64.5 Å². The van der Waals surface area contributed by atoms with E-state index in [1.807, 2.05) is 0 Å². The maximum absolute atomic E-state index is 2.22. The van der Waals surface area contributed by atoms with Gasteiger partial charge in [0.05, 0.1) is 0 Å². The SMILES string of the molecule is C[n+]1c(/C=C/c2cccs2)ccc2ccccc21. The van der Waals surface area contributed by atoms with Gasteiger partial charge in [-0.15, -0.1) is 11.3 Å². The molecule has 0 saturated heterocycles. The second kappa shape index (κ2) is 4.75. The molecule has 0 atom stereocenters. The highest BCUT2D eigenvalue weighted by Gasteiger charge is 2.07. The summed E-state index contributed by atoms with van der Waals surface area (Å²) in [5.41, 5.74) is 2.47. The number of hydrogen-bond acceptors (Lipinski definition) is 1. The third kappa shape index (κ3) is 2.07. The van der Waals surface area contributed by atoms with Gasteiger partial charge in [-0.3, -0.25) is 0 Å². The summed E-state index contributed by atoms with van der Waals surface area (Å²) in [5, 5.41) is 3.37. The van der Waals surface area contributed by atoms with Gasteiger partial charge in [0.15, 0.2) is 0 Å². The summed E-state index contributed by atoms with van der Waals surface area (Å²) in [6.07, 6.45) is 4.33. The van der Waals surface area contributed by atoms with Gasteiger partial charge < -0.3 is 0 Å². The van der Waals surface area contributed by atoms with Gasteiger partial charge >= 0.3 is 0 Å². The number of rotatable bonds is 2. The van der Waals surface area contributed by atoms with Crippen molar-refractivity contribution in [3.8, 4) is 0 Å². The molecule has 18 heavy (non-hydrogen) atoms. The smallest absolute Gasteiger partial charge is 0.195 e. The largest absolute Gasteiger partial charge is 0.212 e. The number of aryl methyl sites for hydroxylation is 1. The van der Waals surface area contributed by atoms with E-state index < -0.39 is 0 Å². The first kappa shape index (κ1) is 11.2. The highest BCUT2D eigenvalue weighted by Crippen LogP contribution is 2.14. The second-order valence-corrected chi connectivity index (χ2v) is 5.20. The zero-order chi connectivity index (χ0) is 12.4. The predicted molar refractivity (Wildman–Crippen MR) is 78.4 cm³/mol. The van der Waals surface area contributed by atoms with Crippen molar-refractivity contribution in [2.24, 2.45) is 7.05 Å². The lowest BCUT2D eigenvalue weighted by molar-refractivity contribution is -0.646. The minimum Gasteiger partial charge on any atom is -0.195 e. The van der Waals surface area contributed by atoms with Crippen molar-refractivity contribution in [3.63, 3.8) is 0 Å². The van der Waals surface area contributed by atoms with Gasteiger partial charge in [-0.25, -0.2) is 0 Å². The fourth-order valence-corrected chi connectivity index (χ4v) is 2.70. The second-order valence-electron chi connectivity index (χ2n) is 4.22. The van der Waals surface area contributed by atoms with Gasteiger partial charge in [0.25, 0.3) is 0 Å². The third-order valence-corrected chi connectivity index (χ3v) is 3.92. The number of fused-ring (bicyclic) bond motifs is 1. The molecule has 0 N–H and O–H groups in total. The average Bonchev–Trinajstić information content (AvgIpc) is 2.91. The van der Waals surface area contributed by atoms with Crippen LogP contribution in [0.3, 0.4) is 0 Å². The fourth-order valence-electron chi connectivity index (χ4n) is 2.08. The quantitative estimate of drug-likeness (QED) is 0.609. The standard InChI is InChI=1S/C16H14NS/c1-17-14(10-11-15-6-4-12-18-15)9-8-13-5-2-3-7-16(13)17/h2-12H,1H3/q+1/b11-10+. The molecule has 0 radical (unpaired) electrons. The zero-order valence-corrected chi connectivity index (χ0v) is 11.0. The minimum absolute atomic E-state index is 1.21. The van der Waals surface area contributed by atoms with Gasteiger partial charge in [-0.1, -0.05) is 18.2 Å². The van der Waals surface area contributed by atoms with Crippen molar-refractivity contribution in [1.82, 2.24) is 0 Å². The lowest BCUT2D eigenvalue weighted by atomic mass is 10.2. The first-order valence-corrected chi connectivity index (χ1v) is 6.82. The Hall–Kier alpha value is -1.93. The number of thiophene rings is 1. The van der Waals surface area contributed by atoms with E-state index in [1.165, 1.54) is 21.5 Å². The molecule has 1 aromatic carbocycles. The fraction of sp³-hybridized carbons (Fsp3) is 0.0625. The van der Waals surface area contributed by atoms with Gasteiger partial charge in [-0.05, 0) is 29.7 Å². The molecule has 3 aromatic rings. The molecular weight excluding hydrogens is 238 g/mol. The normalized spacial score (nSPS) is 11.4. The molecule has 0 bridgehead atoms. The molecule has 3 rings (SSSR count). The van der Waals surface area contributed by atoms with Crippen molar-refractivity contribution in [1.29, 1.82) is 0 Å². The van der Waals surface area contributed by atoms with Crippen molar-refractivity contribution < 1.29 is 4.57 Å². The molecule has 0 aliphatic carbocycles. The molecular formula is C16H14NS+. The number of hydrogen-bond donors (Lipinski definition) is 0. The number of pyridine rings is 1. The highest BCUT2D eigenvalue weighted by atomic mass is 32.1. The van der Waals surface area contributed by atoms with Crippen LogP contribution in [0, 0.1) is 0 Å². The maximum Gasteiger partial charge on any atom is 0.212 e. The Bertz CT molecular complexity index is 696. The lowest BCUT2D eigenvalue weighted by Gasteiger charge is -1.99. The molecule has 2 heterocycles. The Labute approximate surface area is 111 Å². The van der Waals surface area contributed by atoms with Crippen LogP contribution in [0.1, 0.15) is 10.6 Å². The van der Waals surface area contributed by atoms with Crippen LogP contribution in [0.5, 0.6) is 0 Å². The van der Waals surface area contributed by atoms with Crippen molar-refractivity contribution >= 4 is 34.4 Å². The van der Waals surface area contributed by atoms with Crippen LogP contribution in [0.25, 0.3) is 23.1 Å². The molecule has 0 amide bonds. The molecule has 1 nitrogen and oxygen atoms in total. The van der Waals surface area contributed by atoms with Gasteiger partial charge in [0.2, 0.25) is 11.2 Å². The first-order chi connectivity index (χ1) is 8.84. The van der Waals surface area contributed by atoms with Crippen LogP contribution in [0.15, 0.2) is 53.9 Å². The van der Waals surface area contributed by atoms with E-state index in [1.54, 1.807) is 11.3 Å². The van der Waals surface area contributed by atoms with Crippen LogP contribution >= 0.6 is 11.3 Å². The first-order valence-electron chi connectivity index (χ1n) is 5.94. The van der Waals surface area contributed by atoms with Crippen LogP contribution in [-0.4, -0.2) is 0 Å². The van der Waals surface area contributed by atoms with E-state index >= 15 is 0 Å². The van der Waals surface area contributed by atoms with Crippen LogP contribution < -0.4 is 4.57 Å². The molecule has 2 aromatic heterocycles. The summed E-state index contributed by atoms with van der Waals surface area (Å²) in [4.78, 5) is 1.28. The van der Waals surface area contributed by atoms with E-state index in [-0.39, 0.29) is 0 Å². The lowest BCUT2D eigenvalue weighted by Crippen LogP contribution is -2.32. The Morgan fingerprint density at radius 2 is 1.83 bits per heavy atom. The Morgan fingerprint density at radius 3 is 2.67 bits per heavy atom. The summed E-state index contributed by atoms with van der Waals surface area (Å²) >= 11 is 1.76. The maximum atomic E-state index is 2.22. The topological polar surface area (TPSA) is 3.88 Å². The number of benzene rings is 1. The summed E-state index contributed by atoms with van der Waals surface area (Å²) in [7, 11) is 2.11. The van der Waals surface area contributed by atoms with Gasteiger partial charge in [0, 0.05) is 28.5 Å². The van der Waals surface area contributed by atoms with Gasteiger partial charge in [0.1, 0.15) is 7.05 Å². The van der Waals surface area contributed by atoms with Crippen LogP contribution in [0.4, 0.5) is 0 Å². The average molecular weight is 252 g/mol. The predicted octanol–water partition coefficient (Wildman–Crippen LogP) is 3.90. The van der Waals surface area contributed by atoms with Crippen molar-refractivity contribution in [2.75, 3.05) is 0 Å². The summed E-state index contributed by atoms with van der Waals surface area (Å²) < 4.78 is 2.22. The highest BCUT2D eigenvalue weighted by molar-refractivity contribution is 7.10. The summed E-state index contributed by atoms with van der Waals surface area (Å²) in [6.45, 7) is 0. The van der Waals surface area contributed by atoms with E-state index in [9.17, 15) is 0 Å². The third-order valence-electron chi connectivity index (χ3n) is 3.08. The molecule has 0 saturated carbocycles. The zero-order valence-electron chi connectivity index (χ0n) is 10.2. The summed E-state index contributed by atoms with van der Waals surface area (Å²) in [5.74, 6) is 0.